The maximum Gasteiger partial charge on any atom is 0.0305 e. The van der Waals surface area contributed by atoms with E-state index in [2.05, 4.69) is 37.8 Å². The molecule has 0 radical (unpaired) electrons. The van der Waals surface area contributed by atoms with Gasteiger partial charge in [0.1, 0.15) is 0 Å². The van der Waals surface area contributed by atoms with Crippen LogP contribution in [0.3, 0.4) is 0 Å². The van der Waals surface area contributed by atoms with Gasteiger partial charge in [0.05, 0.1) is 0 Å². The molecule has 0 aromatic carbocycles. The van der Waals surface area contributed by atoms with Crippen molar-refractivity contribution in [1.82, 2.24) is 0 Å². The molecule has 0 aliphatic rings. The summed E-state index contributed by atoms with van der Waals surface area (Å²) in [5.74, 6) is 0. The highest BCUT2D eigenvalue weighted by atomic mass is 32.2. The molecular formula is C16H18S3. The van der Waals surface area contributed by atoms with E-state index in [1.807, 2.05) is 46.6 Å². The summed E-state index contributed by atoms with van der Waals surface area (Å²) in [6.45, 7) is 12.3. The lowest BCUT2D eigenvalue weighted by Gasteiger charge is -2.03. The molecule has 100 valence electrons. The van der Waals surface area contributed by atoms with Crippen molar-refractivity contribution in [2.75, 3.05) is 0 Å². The standard InChI is InChI=1S/C16H18S3/c1-5-11-13(7-3)17-9-15(11)19-16-10-18-14(8-4)12(16)6-2/h5-6,9-10H,1-2,7-8H2,3-4H3. The monoisotopic (exact) mass is 306 g/mol. The third-order valence-electron chi connectivity index (χ3n) is 3.02. The molecule has 2 aromatic rings. The molecular weight excluding hydrogens is 288 g/mol. The molecule has 0 N–H and O–H groups in total. The van der Waals surface area contributed by atoms with Gasteiger partial charge in [-0.1, -0.05) is 50.9 Å². The summed E-state index contributed by atoms with van der Waals surface area (Å²) < 4.78 is 0. The molecule has 0 nitrogen and oxygen atoms in total. The van der Waals surface area contributed by atoms with Crippen LogP contribution in [0.1, 0.15) is 34.7 Å². The van der Waals surface area contributed by atoms with Gasteiger partial charge < -0.3 is 0 Å². The number of hydrogen-bond acceptors (Lipinski definition) is 3. The Balaban J connectivity index is 2.36. The van der Waals surface area contributed by atoms with Gasteiger partial charge in [-0.05, 0) is 12.8 Å². The van der Waals surface area contributed by atoms with E-state index in [1.54, 1.807) is 0 Å². The predicted molar refractivity (Wildman–Crippen MR) is 91.7 cm³/mol. The Morgan fingerprint density at radius 2 is 1.37 bits per heavy atom. The van der Waals surface area contributed by atoms with Crippen molar-refractivity contribution in [3.05, 3.63) is 44.8 Å². The third-order valence-corrected chi connectivity index (χ3v) is 6.73. The highest BCUT2D eigenvalue weighted by Gasteiger charge is 2.13. The van der Waals surface area contributed by atoms with Crippen LogP contribution in [0.2, 0.25) is 0 Å². The summed E-state index contributed by atoms with van der Waals surface area (Å²) in [5.41, 5.74) is 2.61. The average molecular weight is 307 g/mol. The lowest BCUT2D eigenvalue weighted by Crippen LogP contribution is -1.81. The van der Waals surface area contributed by atoms with E-state index in [0.29, 0.717) is 0 Å². The second-order valence-electron chi connectivity index (χ2n) is 4.09. The molecule has 19 heavy (non-hydrogen) atoms. The van der Waals surface area contributed by atoms with Gasteiger partial charge in [0.25, 0.3) is 0 Å². The minimum absolute atomic E-state index is 1.07. The number of thiophene rings is 2. The van der Waals surface area contributed by atoms with E-state index in [4.69, 9.17) is 0 Å². The maximum absolute atomic E-state index is 3.95. The molecule has 0 aliphatic heterocycles. The van der Waals surface area contributed by atoms with Crippen molar-refractivity contribution in [2.24, 2.45) is 0 Å². The molecule has 2 heterocycles. The van der Waals surface area contributed by atoms with Crippen LogP contribution in [-0.2, 0) is 12.8 Å². The molecule has 0 saturated heterocycles. The Bertz CT molecular complexity index is 535. The summed E-state index contributed by atoms with van der Waals surface area (Å²) in [6, 6.07) is 0. The Morgan fingerprint density at radius 3 is 1.68 bits per heavy atom. The third kappa shape index (κ3) is 2.88. The van der Waals surface area contributed by atoms with E-state index in [9.17, 15) is 0 Å². The van der Waals surface area contributed by atoms with Crippen LogP contribution < -0.4 is 0 Å². The first-order valence-electron chi connectivity index (χ1n) is 6.38. The quantitative estimate of drug-likeness (QED) is 0.597. The van der Waals surface area contributed by atoms with E-state index in [1.165, 1.54) is 30.7 Å². The maximum atomic E-state index is 3.95. The molecule has 0 aliphatic carbocycles. The topological polar surface area (TPSA) is 0 Å². The summed E-state index contributed by atoms with van der Waals surface area (Å²) >= 11 is 5.50. The Morgan fingerprint density at radius 1 is 0.947 bits per heavy atom. The van der Waals surface area contributed by atoms with Crippen LogP contribution in [0.15, 0.2) is 33.7 Å². The summed E-state index contributed by atoms with van der Waals surface area (Å²) in [4.78, 5) is 5.48. The second kappa shape index (κ2) is 6.60. The largest absolute Gasteiger partial charge is 0.147 e. The number of hydrogen-bond donors (Lipinski definition) is 0. The van der Waals surface area contributed by atoms with Crippen LogP contribution in [0.4, 0.5) is 0 Å². The Labute approximate surface area is 127 Å². The minimum atomic E-state index is 1.07. The fourth-order valence-corrected chi connectivity index (χ4v) is 5.43. The normalized spacial score (nSPS) is 10.6. The van der Waals surface area contributed by atoms with E-state index in [0.717, 1.165) is 12.8 Å². The predicted octanol–water partition coefficient (Wildman–Crippen LogP) is 6.37. The van der Waals surface area contributed by atoms with E-state index in [-0.39, 0.29) is 0 Å². The molecule has 0 bridgehead atoms. The van der Waals surface area contributed by atoms with Gasteiger partial charge in [0.15, 0.2) is 0 Å². The van der Waals surface area contributed by atoms with E-state index < -0.39 is 0 Å². The van der Waals surface area contributed by atoms with Crippen LogP contribution >= 0.6 is 34.4 Å². The SMILES string of the molecule is C=Cc1c(Sc2csc(CC)c2C=C)csc1CC. The zero-order valence-electron chi connectivity index (χ0n) is 11.4. The van der Waals surface area contributed by atoms with Crippen LogP contribution in [0.25, 0.3) is 12.2 Å². The molecule has 0 saturated carbocycles. The summed E-state index contributed by atoms with van der Waals surface area (Å²) in [6.07, 6.45) is 6.12. The summed E-state index contributed by atoms with van der Waals surface area (Å²) in [7, 11) is 0. The highest BCUT2D eigenvalue weighted by Crippen LogP contribution is 2.41. The van der Waals surface area contributed by atoms with Gasteiger partial charge in [-0.15, -0.1) is 22.7 Å². The highest BCUT2D eigenvalue weighted by molar-refractivity contribution is 7.99. The van der Waals surface area contributed by atoms with Gasteiger partial charge in [0.2, 0.25) is 0 Å². The zero-order valence-corrected chi connectivity index (χ0v) is 13.8. The molecule has 2 rings (SSSR count). The first-order valence-corrected chi connectivity index (χ1v) is 8.96. The Hall–Kier alpha value is -0.770. The van der Waals surface area contributed by atoms with Crippen LogP contribution in [0, 0.1) is 0 Å². The molecule has 2 aromatic heterocycles. The minimum Gasteiger partial charge on any atom is -0.147 e. The van der Waals surface area contributed by atoms with Gasteiger partial charge in [0, 0.05) is 41.4 Å². The Kier molecular flexibility index (Phi) is 5.08. The van der Waals surface area contributed by atoms with Gasteiger partial charge in [-0.3, -0.25) is 0 Å². The van der Waals surface area contributed by atoms with Crippen molar-refractivity contribution in [3.63, 3.8) is 0 Å². The van der Waals surface area contributed by atoms with Gasteiger partial charge >= 0.3 is 0 Å². The molecule has 0 atom stereocenters. The lowest BCUT2D eigenvalue weighted by molar-refractivity contribution is 1.17. The number of aryl methyl sites for hydroxylation is 2. The van der Waals surface area contributed by atoms with Crippen molar-refractivity contribution in [3.8, 4) is 0 Å². The van der Waals surface area contributed by atoms with Gasteiger partial charge in [-0.25, -0.2) is 0 Å². The molecule has 0 amide bonds. The molecule has 0 fully saturated rings. The van der Waals surface area contributed by atoms with Crippen molar-refractivity contribution < 1.29 is 0 Å². The van der Waals surface area contributed by atoms with Crippen molar-refractivity contribution in [1.29, 1.82) is 0 Å². The van der Waals surface area contributed by atoms with Crippen LogP contribution in [-0.4, -0.2) is 0 Å². The number of rotatable bonds is 6. The lowest BCUT2D eigenvalue weighted by atomic mass is 10.2. The van der Waals surface area contributed by atoms with E-state index >= 15 is 0 Å². The fourth-order valence-electron chi connectivity index (χ4n) is 2.03. The molecule has 0 unspecified atom stereocenters. The first-order chi connectivity index (χ1) is 9.24. The smallest absolute Gasteiger partial charge is 0.0305 e. The molecule has 0 spiro atoms. The summed E-state index contributed by atoms with van der Waals surface area (Å²) in [5, 5.41) is 4.49. The van der Waals surface area contributed by atoms with Crippen molar-refractivity contribution in [2.45, 2.75) is 36.5 Å². The second-order valence-corrected chi connectivity index (χ2v) is 7.10. The first kappa shape index (κ1) is 14.6. The fraction of sp³-hybridized carbons (Fsp3) is 0.250. The van der Waals surface area contributed by atoms with Gasteiger partial charge in [-0.2, -0.15) is 0 Å². The van der Waals surface area contributed by atoms with Crippen molar-refractivity contribution >= 4 is 46.6 Å². The van der Waals surface area contributed by atoms with Crippen LogP contribution in [0.5, 0.6) is 0 Å². The average Bonchev–Trinajstić information content (AvgIpc) is 3.01. The zero-order chi connectivity index (χ0) is 13.8. The molecule has 3 heteroatoms.